The van der Waals surface area contributed by atoms with Crippen LogP contribution in [-0.2, 0) is 19.0 Å². The van der Waals surface area contributed by atoms with Crippen molar-refractivity contribution in [2.24, 2.45) is 5.92 Å². The maximum absolute atomic E-state index is 13.2. The van der Waals surface area contributed by atoms with Gasteiger partial charge in [-0.15, -0.1) is 0 Å². The van der Waals surface area contributed by atoms with E-state index in [1.807, 2.05) is 6.92 Å². The number of alkyl halides is 2. The number of carbonyl (C=O) groups is 1. The summed E-state index contributed by atoms with van der Waals surface area (Å²) in [6.45, 7) is 5.60. The van der Waals surface area contributed by atoms with E-state index >= 15 is 0 Å². The minimum atomic E-state index is -2.52. The predicted octanol–water partition coefficient (Wildman–Crippen LogP) is 2.92. The number of hydrogen-bond donors (Lipinski definition) is 1. The van der Waals surface area contributed by atoms with E-state index in [1.165, 1.54) is 6.92 Å². The second kappa shape index (κ2) is 9.78. The van der Waals surface area contributed by atoms with Gasteiger partial charge in [-0.2, -0.15) is 0 Å². The quantitative estimate of drug-likeness (QED) is 0.720. The van der Waals surface area contributed by atoms with Crippen molar-refractivity contribution in [2.45, 2.75) is 76.5 Å². The summed E-state index contributed by atoms with van der Waals surface area (Å²) in [7, 11) is 0. The lowest BCUT2D eigenvalue weighted by molar-refractivity contribution is -0.123. The van der Waals surface area contributed by atoms with Gasteiger partial charge in [0.25, 0.3) is 0 Å². The molecule has 0 bridgehead atoms. The highest BCUT2D eigenvalue weighted by Gasteiger charge is 2.35. The molecule has 7 heteroatoms. The Labute approximate surface area is 148 Å². The van der Waals surface area contributed by atoms with E-state index in [2.05, 4.69) is 5.32 Å². The summed E-state index contributed by atoms with van der Waals surface area (Å²) >= 11 is 0. The van der Waals surface area contributed by atoms with Crippen molar-refractivity contribution in [3.05, 3.63) is 0 Å². The molecule has 2 rings (SSSR count). The van der Waals surface area contributed by atoms with Gasteiger partial charge in [0.15, 0.2) is 0 Å². The summed E-state index contributed by atoms with van der Waals surface area (Å²) in [5.74, 6) is -2.48. The van der Waals surface area contributed by atoms with Gasteiger partial charge in [-0.1, -0.05) is 0 Å². The zero-order chi connectivity index (χ0) is 18.3. The maximum atomic E-state index is 13.2. The normalized spacial score (nSPS) is 24.6. The number of hydrogen-bond acceptors (Lipinski definition) is 4. The summed E-state index contributed by atoms with van der Waals surface area (Å²) in [6.07, 6.45) is 2.50. The lowest BCUT2D eigenvalue weighted by atomic mass is 9.87. The lowest BCUT2D eigenvalue weighted by Gasteiger charge is -2.31. The molecule has 0 radical (unpaired) electrons. The monoisotopic (exact) mass is 363 g/mol. The van der Waals surface area contributed by atoms with Crippen molar-refractivity contribution in [3.8, 4) is 0 Å². The van der Waals surface area contributed by atoms with Gasteiger partial charge in [0.2, 0.25) is 11.8 Å². The molecule has 0 aromatic heterocycles. The number of ether oxygens (including phenoxy) is 3. The third-order valence-electron chi connectivity index (χ3n) is 5.07. The Balaban J connectivity index is 1.74. The van der Waals surface area contributed by atoms with E-state index in [0.29, 0.717) is 39.3 Å². The molecule has 0 spiro atoms. The minimum Gasteiger partial charge on any atom is -0.381 e. The van der Waals surface area contributed by atoms with E-state index < -0.39 is 5.92 Å². The Bertz CT molecular complexity index is 406. The molecule has 2 fully saturated rings. The highest BCUT2D eigenvalue weighted by Crippen LogP contribution is 2.36. The molecule has 2 atom stereocenters. The molecule has 1 aliphatic heterocycles. The number of halogens is 2. The fourth-order valence-electron chi connectivity index (χ4n) is 3.31. The lowest BCUT2D eigenvalue weighted by Crippen LogP contribution is -2.47. The highest BCUT2D eigenvalue weighted by molar-refractivity contribution is 5.73. The van der Waals surface area contributed by atoms with Gasteiger partial charge in [-0.3, -0.25) is 4.79 Å². The maximum Gasteiger partial charge on any atom is 0.248 e. The predicted molar refractivity (Wildman–Crippen MR) is 89.7 cm³/mol. The van der Waals surface area contributed by atoms with Crippen LogP contribution in [0.15, 0.2) is 0 Å². The van der Waals surface area contributed by atoms with Crippen LogP contribution in [0.25, 0.3) is 0 Å². The first kappa shape index (κ1) is 20.5. The summed E-state index contributed by atoms with van der Waals surface area (Å²) in [6, 6.07) is -0.245. The third-order valence-corrected chi connectivity index (χ3v) is 5.07. The van der Waals surface area contributed by atoms with E-state index in [1.54, 1.807) is 0 Å². The molecule has 1 aliphatic carbocycles. The van der Waals surface area contributed by atoms with Crippen molar-refractivity contribution in [2.75, 3.05) is 26.4 Å². The molecule has 2 aliphatic rings. The van der Waals surface area contributed by atoms with Gasteiger partial charge in [0, 0.05) is 39.6 Å². The SMILES string of the molecule is CC(=O)NC(COC1CCOCC1)C(C)OCC1CCC(F)(F)CC1. The zero-order valence-corrected chi connectivity index (χ0v) is 15.3. The van der Waals surface area contributed by atoms with Gasteiger partial charge >= 0.3 is 0 Å². The first-order valence-electron chi connectivity index (χ1n) is 9.31. The van der Waals surface area contributed by atoms with Crippen LogP contribution in [0.1, 0.15) is 52.4 Å². The van der Waals surface area contributed by atoms with Gasteiger partial charge < -0.3 is 19.5 Å². The molecular weight excluding hydrogens is 332 g/mol. The number of carbonyl (C=O) groups excluding carboxylic acids is 1. The van der Waals surface area contributed by atoms with Crippen LogP contribution < -0.4 is 5.32 Å². The Morgan fingerprint density at radius 2 is 1.88 bits per heavy atom. The Morgan fingerprint density at radius 1 is 1.24 bits per heavy atom. The standard InChI is InChI=1S/C18H31F2NO4/c1-13(24-11-15-3-7-18(19,20)8-4-15)17(21-14(2)22)12-25-16-5-9-23-10-6-16/h13,15-17H,3-12H2,1-2H3,(H,21,22). The Hall–Kier alpha value is -0.790. The first-order chi connectivity index (χ1) is 11.9. The molecule has 5 nitrogen and oxygen atoms in total. The smallest absolute Gasteiger partial charge is 0.248 e. The number of nitrogens with one attached hydrogen (secondary N) is 1. The highest BCUT2D eigenvalue weighted by atomic mass is 19.3. The van der Waals surface area contributed by atoms with Crippen LogP contribution >= 0.6 is 0 Å². The summed E-state index contributed by atoms with van der Waals surface area (Å²) in [5.41, 5.74) is 0. The van der Waals surface area contributed by atoms with Crippen molar-refractivity contribution in [1.82, 2.24) is 5.32 Å². The second-order valence-corrected chi connectivity index (χ2v) is 7.29. The van der Waals surface area contributed by atoms with E-state index in [0.717, 1.165) is 12.8 Å². The second-order valence-electron chi connectivity index (χ2n) is 7.29. The molecule has 0 aromatic carbocycles. The summed E-state index contributed by atoms with van der Waals surface area (Å²) in [4.78, 5) is 11.5. The van der Waals surface area contributed by atoms with Gasteiger partial charge in [-0.05, 0) is 38.5 Å². The van der Waals surface area contributed by atoms with Crippen molar-refractivity contribution in [3.63, 3.8) is 0 Å². The molecule has 2 unspecified atom stereocenters. The Morgan fingerprint density at radius 3 is 2.48 bits per heavy atom. The molecule has 0 aromatic rings. The van der Waals surface area contributed by atoms with E-state index in [-0.39, 0.29) is 42.9 Å². The van der Waals surface area contributed by atoms with E-state index in [4.69, 9.17) is 14.2 Å². The van der Waals surface area contributed by atoms with Crippen LogP contribution in [-0.4, -0.2) is 56.5 Å². The fourth-order valence-corrected chi connectivity index (χ4v) is 3.31. The van der Waals surface area contributed by atoms with Crippen molar-refractivity contribution >= 4 is 5.91 Å². The van der Waals surface area contributed by atoms with Crippen LogP contribution in [0.2, 0.25) is 0 Å². The average Bonchev–Trinajstić information content (AvgIpc) is 2.58. The van der Waals surface area contributed by atoms with Crippen LogP contribution in [0.5, 0.6) is 0 Å². The van der Waals surface area contributed by atoms with Gasteiger partial charge in [-0.25, -0.2) is 8.78 Å². The molecule has 25 heavy (non-hydrogen) atoms. The molecule has 1 heterocycles. The number of amides is 1. The third kappa shape index (κ3) is 7.54. The molecule has 146 valence electrons. The topological polar surface area (TPSA) is 56.8 Å². The Kier molecular flexibility index (Phi) is 8.03. The van der Waals surface area contributed by atoms with E-state index in [9.17, 15) is 13.6 Å². The van der Waals surface area contributed by atoms with Crippen LogP contribution in [0.3, 0.4) is 0 Å². The van der Waals surface area contributed by atoms with Crippen LogP contribution in [0.4, 0.5) is 8.78 Å². The summed E-state index contributed by atoms with van der Waals surface area (Å²) < 4.78 is 43.5. The zero-order valence-electron chi connectivity index (χ0n) is 15.3. The minimum absolute atomic E-state index is 0.0581. The van der Waals surface area contributed by atoms with Gasteiger partial charge in [0.05, 0.1) is 24.9 Å². The summed E-state index contributed by atoms with van der Waals surface area (Å²) in [5, 5.41) is 2.88. The molecular formula is C18H31F2NO4. The first-order valence-corrected chi connectivity index (χ1v) is 9.31. The van der Waals surface area contributed by atoms with Crippen LogP contribution in [0, 0.1) is 5.92 Å². The fraction of sp³-hybridized carbons (Fsp3) is 0.944. The molecule has 1 N–H and O–H groups in total. The molecule has 1 saturated carbocycles. The van der Waals surface area contributed by atoms with Gasteiger partial charge in [0.1, 0.15) is 0 Å². The number of rotatable bonds is 8. The molecule has 1 amide bonds. The molecule has 1 saturated heterocycles. The average molecular weight is 363 g/mol. The van der Waals surface area contributed by atoms with Crippen molar-refractivity contribution < 1.29 is 27.8 Å². The largest absolute Gasteiger partial charge is 0.381 e. The van der Waals surface area contributed by atoms with Crippen molar-refractivity contribution in [1.29, 1.82) is 0 Å².